The minimum Gasteiger partial charge on any atom is -0.361 e. The van der Waals surface area contributed by atoms with Crippen LogP contribution < -0.4 is 16.0 Å². The average molecular weight is 470 g/mol. The van der Waals surface area contributed by atoms with Crippen molar-refractivity contribution in [3.8, 4) is 0 Å². The Balaban J connectivity index is 1.42. The minimum atomic E-state index is -0.485. The number of aromatic nitrogens is 1. The quantitative estimate of drug-likeness (QED) is 0.524. The molecule has 34 heavy (non-hydrogen) atoms. The maximum Gasteiger partial charge on any atom is 0.245 e. The number of likely N-dealkylation sites (tertiary alicyclic amines) is 1. The number of rotatable bonds is 6. The molecule has 0 unspecified atom stereocenters. The molecule has 184 valence electrons. The first-order valence-electron chi connectivity index (χ1n) is 12.8. The van der Waals surface area contributed by atoms with E-state index in [9.17, 15) is 14.0 Å². The molecule has 8 heteroatoms. The number of amides is 2. The molecule has 1 aliphatic carbocycles. The lowest BCUT2D eigenvalue weighted by molar-refractivity contribution is -0.139. The van der Waals surface area contributed by atoms with Crippen LogP contribution in [-0.2, 0) is 9.59 Å². The Labute approximate surface area is 200 Å². The van der Waals surface area contributed by atoms with E-state index < -0.39 is 6.04 Å². The van der Waals surface area contributed by atoms with Gasteiger partial charge >= 0.3 is 0 Å². The van der Waals surface area contributed by atoms with Crippen LogP contribution in [0.15, 0.2) is 24.4 Å². The number of carbonyl (C=O) groups is 2. The predicted molar refractivity (Wildman–Crippen MR) is 130 cm³/mol. The summed E-state index contributed by atoms with van der Waals surface area (Å²) < 4.78 is 13.7. The number of nitrogens with zero attached hydrogens (tertiary/aromatic N) is 1. The monoisotopic (exact) mass is 469 g/mol. The van der Waals surface area contributed by atoms with Gasteiger partial charge in [0.25, 0.3) is 0 Å². The minimum absolute atomic E-state index is 0.0290. The van der Waals surface area contributed by atoms with Crippen molar-refractivity contribution in [2.45, 2.75) is 75.5 Å². The van der Waals surface area contributed by atoms with E-state index in [0.717, 1.165) is 55.1 Å². The van der Waals surface area contributed by atoms with Gasteiger partial charge in [-0.15, -0.1) is 0 Å². The molecule has 2 saturated heterocycles. The predicted octanol–water partition coefficient (Wildman–Crippen LogP) is 2.64. The second kappa shape index (κ2) is 9.66. The first-order chi connectivity index (χ1) is 16.5. The van der Waals surface area contributed by atoms with Crippen LogP contribution in [0.5, 0.6) is 0 Å². The molecule has 0 radical (unpaired) electrons. The smallest absolute Gasteiger partial charge is 0.245 e. The molecule has 3 heterocycles. The lowest BCUT2D eigenvalue weighted by Crippen LogP contribution is -2.57. The highest BCUT2D eigenvalue weighted by Gasteiger charge is 2.49. The number of halogens is 1. The molecule has 2 amide bonds. The normalized spacial score (nSPS) is 27.0. The Morgan fingerprint density at radius 3 is 2.74 bits per heavy atom. The second-order valence-corrected chi connectivity index (χ2v) is 10.3. The highest BCUT2D eigenvalue weighted by molar-refractivity contribution is 5.90. The van der Waals surface area contributed by atoms with Crippen molar-refractivity contribution >= 4 is 22.7 Å². The van der Waals surface area contributed by atoms with Gasteiger partial charge in [-0.05, 0) is 62.9 Å². The fraction of sp³-hybridized carbons (Fsp3) is 0.615. The molecular formula is C26H36FN5O2. The Morgan fingerprint density at radius 1 is 1.18 bits per heavy atom. The van der Waals surface area contributed by atoms with Gasteiger partial charge in [0.2, 0.25) is 11.8 Å². The SMILES string of the molecule is CN[C@@H](C)C(=O)N[C@H](C(=O)N1CC[C@H]2NC[C@H](c3c[nH]c4cc(F)ccc34)[C@H]21)C1CCCCC1. The van der Waals surface area contributed by atoms with Crippen LogP contribution in [0.25, 0.3) is 10.9 Å². The van der Waals surface area contributed by atoms with Crippen LogP contribution in [0.4, 0.5) is 4.39 Å². The number of likely N-dealkylation sites (N-methyl/N-ethyl adjacent to an activating group) is 1. The lowest BCUT2D eigenvalue weighted by Gasteiger charge is -2.36. The third kappa shape index (κ3) is 4.22. The Morgan fingerprint density at radius 2 is 1.97 bits per heavy atom. The van der Waals surface area contributed by atoms with E-state index in [0.29, 0.717) is 6.54 Å². The third-order valence-corrected chi connectivity index (χ3v) is 8.34. The third-order valence-electron chi connectivity index (χ3n) is 8.34. The highest BCUT2D eigenvalue weighted by atomic mass is 19.1. The van der Waals surface area contributed by atoms with E-state index in [1.165, 1.54) is 18.6 Å². The molecule has 2 aromatic rings. The van der Waals surface area contributed by atoms with Gasteiger partial charge < -0.3 is 25.8 Å². The van der Waals surface area contributed by atoms with Crippen LogP contribution in [0, 0.1) is 11.7 Å². The number of fused-ring (bicyclic) bond motifs is 2. The van der Waals surface area contributed by atoms with Crippen LogP contribution in [0.2, 0.25) is 0 Å². The zero-order valence-corrected chi connectivity index (χ0v) is 20.1. The van der Waals surface area contributed by atoms with Crippen molar-refractivity contribution in [2.24, 2.45) is 5.92 Å². The number of hydrogen-bond acceptors (Lipinski definition) is 4. The maximum atomic E-state index is 14.1. The molecule has 3 aliphatic rings. The lowest BCUT2D eigenvalue weighted by atomic mass is 9.82. The second-order valence-electron chi connectivity index (χ2n) is 10.3. The summed E-state index contributed by atoms with van der Waals surface area (Å²) in [4.78, 5) is 32.1. The van der Waals surface area contributed by atoms with Crippen LogP contribution in [-0.4, -0.2) is 66.0 Å². The summed E-state index contributed by atoms with van der Waals surface area (Å²) in [6.45, 7) is 3.29. The Hall–Kier alpha value is -2.45. The standard InChI is InChI=1S/C26H36FN5O2/c1-15(28-2)25(33)31-23(16-6-4-3-5-7-16)26(34)32-11-10-21-24(32)20(14-29-21)19-13-30-22-12-17(27)8-9-18(19)22/h8-9,12-13,15-16,20-21,23-24,28-30H,3-7,10-11,14H2,1-2H3,(H,31,33)/t15-,20+,21+,23-,24+/m0/s1. The van der Waals surface area contributed by atoms with Crippen LogP contribution in [0.1, 0.15) is 56.9 Å². The number of H-pyrrole nitrogens is 1. The summed E-state index contributed by atoms with van der Waals surface area (Å²) in [6.07, 6.45) is 8.23. The zero-order valence-electron chi connectivity index (χ0n) is 20.1. The maximum absolute atomic E-state index is 14.1. The molecule has 1 aromatic heterocycles. The fourth-order valence-electron chi connectivity index (χ4n) is 6.35. The summed E-state index contributed by atoms with van der Waals surface area (Å²) in [5.74, 6) is -0.0350. The molecule has 1 aromatic carbocycles. The van der Waals surface area contributed by atoms with Crippen molar-refractivity contribution < 1.29 is 14.0 Å². The van der Waals surface area contributed by atoms with E-state index in [1.807, 2.05) is 24.1 Å². The highest BCUT2D eigenvalue weighted by Crippen LogP contribution is 2.40. The van der Waals surface area contributed by atoms with Gasteiger partial charge in [-0.1, -0.05) is 19.3 Å². The molecule has 7 nitrogen and oxygen atoms in total. The Bertz CT molecular complexity index is 1050. The van der Waals surface area contributed by atoms with Crippen molar-refractivity contribution in [2.75, 3.05) is 20.1 Å². The van der Waals surface area contributed by atoms with Gasteiger partial charge in [-0.3, -0.25) is 9.59 Å². The zero-order chi connectivity index (χ0) is 23.8. The van der Waals surface area contributed by atoms with Gasteiger partial charge in [-0.25, -0.2) is 4.39 Å². The molecule has 1 saturated carbocycles. The molecule has 0 bridgehead atoms. The molecule has 3 fully saturated rings. The fourth-order valence-corrected chi connectivity index (χ4v) is 6.35. The molecule has 5 atom stereocenters. The van der Waals surface area contributed by atoms with E-state index in [2.05, 4.69) is 20.9 Å². The van der Waals surface area contributed by atoms with Crippen molar-refractivity contribution in [1.82, 2.24) is 25.8 Å². The van der Waals surface area contributed by atoms with Gasteiger partial charge in [-0.2, -0.15) is 0 Å². The number of aromatic amines is 1. The largest absolute Gasteiger partial charge is 0.361 e. The molecule has 4 N–H and O–H groups in total. The molecule has 5 rings (SSSR count). The van der Waals surface area contributed by atoms with Gasteiger partial charge in [0.15, 0.2) is 0 Å². The molecular weight excluding hydrogens is 433 g/mol. The van der Waals surface area contributed by atoms with Crippen molar-refractivity contribution in [3.63, 3.8) is 0 Å². The van der Waals surface area contributed by atoms with E-state index in [4.69, 9.17) is 0 Å². The van der Waals surface area contributed by atoms with E-state index >= 15 is 0 Å². The first-order valence-corrected chi connectivity index (χ1v) is 12.8. The molecule has 2 aliphatic heterocycles. The summed E-state index contributed by atoms with van der Waals surface area (Å²) in [6, 6.07) is 4.27. The first kappa shape index (κ1) is 23.3. The van der Waals surface area contributed by atoms with Crippen LogP contribution in [0.3, 0.4) is 0 Å². The summed E-state index contributed by atoms with van der Waals surface area (Å²) in [5, 5.41) is 10.7. The van der Waals surface area contributed by atoms with Gasteiger partial charge in [0.1, 0.15) is 11.9 Å². The van der Waals surface area contributed by atoms with E-state index in [-0.39, 0.29) is 47.6 Å². The van der Waals surface area contributed by atoms with Gasteiger partial charge in [0.05, 0.1) is 12.1 Å². The summed E-state index contributed by atoms with van der Waals surface area (Å²) in [7, 11) is 1.76. The Kier molecular flexibility index (Phi) is 6.62. The van der Waals surface area contributed by atoms with Crippen molar-refractivity contribution in [3.05, 3.63) is 35.8 Å². The topological polar surface area (TPSA) is 89.3 Å². The number of carbonyl (C=O) groups excluding carboxylic acids is 2. The summed E-state index contributed by atoms with van der Waals surface area (Å²) >= 11 is 0. The summed E-state index contributed by atoms with van der Waals surface area (Å²) in [5.41, 5.74) is 1.90. The van der Waals surface area contributed by atoms with Gasteiger partial charge in [0, 0.05) is 42.1 Å². The molecule has 0 spiro atoms. The number of nitrogens with one attached hydrogen (secondary N) is 4. The average Bonchev–Trinajstić information content (AvgIpc) is 3.56. The number of benzene rings is 1. The number of hydrogen-bond donors (Lipinski definition) is 4. The van der Waals surface area contributed by atoms with Crippen LogP contribution >= 0.6 is 0 Å². The van der Waals surface area contributed by atoms with E-state index in [1.54, 1.807) is 7.05 Å². The van der Waals surface area contributed by atoms with Crippen molar-refractivity contribution in [1.29, 1.82) is 0 Å².